The Bertz CT molecular complexity index is 572. The van der Waals surface area contributed by atoms with Crippen LogP contribution in [0.15, 0.2) is 32.5 Å². The van der Waals surface area contributed by atoms with E-state index in [1.807, 2.05) is 0 Å². The number of hydrogen-bond donors (Lipinski definition) is 0. The molecule has 0 radical (unpaired) electrons. The molecular weight excluding hydrogens is 378 g/mol. The van der Waals surface area contributed by atoms with Crippen molar-refractivity contribution < 1.29 is 13.6 Å². The van der Waals surface area contributed by atoms with Crippen molar-refractivity contribution in [3.8, 4) is 0 Å². The molecular formula is C11H4Br2F2OS. The summed E-state index contributed by atoms with van der Waals surface area (Å²) in [5.41, 5.74) is -0.531. The Balaban J connectivity index is 2.56. The molecule has 0 bridgehead atoms. The molecule has 2 rings (SSSR count). The Morgan fingerprint density at radius 2 is 1.76 bits per heavy atom. The topological polar surface area (TPSA) is 17.1 Å². The van der Waals surface area contributed by atoms with Gasteiger partial charge < -0.3 is 0 Å². The lowest BCUT2D eigenvalue weighted by Crippen LogP contribution is -2.06. The van der Waals surface area contributed by atoms with E-state index in [0.29, 0.717) is 4.47 Å². The summed E-state index contributed by atoms with van der Waals surface area (Å²) in [6.07, 6.45) is 0. The molecule has 0 fully saturated rings. The Labute approximate surface area is 117 Å². The van der Waals surface area contributed by atoms with Crippen molar-refractivity contribution in [3.05, 3.63) is 54.6 Å². The van der Waals surface area contributed by atoms with Crippen LogP contribution in [0.4, 0.5) is 8.78 Å². The fourth-order valence-corrected chi connectivity index (χ4v) is 3.23. The molecule has 0 aliphatic rings. The fourth-order valence-electron chi connectivity index (χ4n) is 1.33. The summed E-state index contributed by atoms with van der Waals surface area (Å²) in [5, 5.41) is 1.67. The van der Waals surface area contributed by atoms with Crippen LogP contribution in [0.1, 0.15) is 15.2 Å². The first-order valence-corrected chi connectivity index (χ1v) is 6.89. The van der Waals surface area contributed by atoms with Gasteiger partial charge in [-0.3, -0.25) is 4.79 Å². The van der Waals surface area contributed by atoms with Crippen LogP contribution in [0.2, 0.25) is 0 Å². The summed E-state index contributed by atoms with van der Waals surface area (Å²) >= 11 is 7.26. The van der Waals surface area contributed by atoms with Gasteiger partial charge in [0.05, 0.1) is 10.4 Å². The van der Waals surface area contributed by atoms with Gasteiger partial charge in [-0.1, -0.05) is 15.9 Å². The number of carbonyl (C=O) groups excluding carboxylic acids is 1. The quantitative estimate of drug-likeness (QED) is 0.684. The first-order valence-electron chi connectivity index (χ1n) is 4.43. The third-order valence-electron chi connectivity index (χ3n) is 2.06. The lowest BCUT2D eigenvalue weighted by atomic mass is 10.1. The predicted octanol–water partition coefficient (Wildman–Crippen LogP) is 4.78. The second kappa shape index (κ2) is 4.96. The lowest BCUT2D eigenvalue weighted by molar-refractivity contribution is 0.103. The standard InChI is InChI=1S/C11H4Br2F2OS/c12-5-3-7(14)9(8(15)4-5)10(16)11-6(13)1-2-17-11/h1-4H. The molecule has 0 N–H and O–H groups in total. The molecule has 2 aromatic rings. The first-order chi connectivity index (χ1) is 8.00. The van der Waals surface area contributed by atoms with Crippen molar-refractivity contribution >= 4 is 49.0 Å². The molecule has 17 heavy (non-hydrogen) atoms. The van der Waals surface area contributed by atoms with Gasteiger partial charge in [0.15, 0.2) is 0 Å². The highest BCUT2D eigenvalue weighted by Crippen LogP contribution is 2.28. The van der Waals surface area contributed by atoms with E-state index in [4.69, 9.17) is 0 Å². The molecule has 1 aromatic heterocycles. The number of ketones is 1. The Kier molecular flexibility index (Phi) is 3.75. The van der Waals surface area contributed by atoms with E-state index in [9.17, 15) is 13.6 Å². The molecule has 0 spiro atoms. The minimum atomic E-state index is -0.873. The summed E-state index contributed by atoms with van der Waals surface area (Å²) in [7, 11) is 0. The van der Waals surface area contributed by atoms with Gasteiger partial charge in [-0.2, -0.15) is 0 Å². The maximum Gasteiger partial charge on any atom is 0.210 e. The summed E-state index contributed by atoms with van der Waals surface area (Å²) < 4.78 is 28.0. The fraction of sp³-hybridized carbons (Fsp3) is 0. The molecule has 0 saturated heterocycles. The van der Waals surface area contributed by atoms with Crippen molar-refractivity contribution in [2.24, 2.45) is 0 Å². The van der Waals surface area contributed by atoms with Crippen molar-refractivity contribution in [1.29, 1.82) is 0 Å². The zero-order valence-corrected chi connectivity index (χ0v) is 12.1. The van der Waals surface area contributed by atoms with Gasteiger partial charge in [-0.05, 0) is 39.5 Å². The van der Waals surface area contributed by atoms with Gasteiger partial charge in [0.2, 0.25) is 5.78 Å². The normalized spacial score (nSPS) is 10.6. The van der Waals surface area contributed by atoms with E-state index < -0.39 is 23.0 Å². The number of carbonyl (C=O) groups is 1. The highest BCUT2D eigenvalue weighted by molar-refractivity contribution is 9.10. The van der Waals surface area contributed by atoms with Crippen LogP contribution in [0.25, 0.3) is 0 Å². The van der Waals surface area contributed by atoms with Crippen LogP contribution in [-0.2, 0) is 0 Å². The minimum absolute atomic E-state index is 0.259. The zero-order chi connectivity index (χ0) is 12.6. The zero-order valence-electron chi connectivity index (χ0n) is 8.14. The summed E-state index contributed by atoms with van der Waals surface area (Å²) in [6.45, 7) is 0. The molecule has 1 nitrogen and oxygen atoms in total. The molecule has 1 aromatic carbocycles. The van der Waals surface area contributed by atoms with E-state index in [2.05, 4.69) is 31.9 Å². The second-order valence-corrected chi connectivity index (χ2v) is 5.86. The summed E-state index contributed by atoms with van der Waals surface area (Å²) in [6, 6.07) is 3.79. The van der Waals surface area contributed by atoms with E-state index in [1.54, 1.807) is 11.4 Å². The largest absolute Gasteiger partial charge is 0.287 e. The molecule has 0 aliphatic heterocycles. The van der Waals surface area contributed by atoms with Crippen LogP contribution >= 0.6 is 43.2 Å². The van der Waals surface area contributed by atoms with Gasteiger partial charge in [0, 0.05) is 8.95 Å². The van der Waals surface area contributed by atoms with Crippen molar-refractivity contribution in [2.75, 3.05) is 0 Å². The number of halogens is 4. The van der Waals surface area contributed by atoms with Crippen LogP contribution < -0.4 is 0 Å². The molecule has 0 unspecified atom stereocenters. The smallest absolute Gasteiger partial charge is 0.210 e. The van der Waals surface area contributed by atoms with Gasteiger partial charge in [0.1, 0.15) is 11.6 Å². The van der Waals surface area contributed by atoms with Gasteiger partial charge in [0.25, 0.3) is 0 Å². The van der Waals surface area contributed by atoms with Crippen LogP contribution in [0.3, 0.4) is 0 Å². The highest BCUT2D eigenvalue weighted by atomic mass is 79.9. The van der Waals surface area contributed by atoms with Gasteiger partial charge >= 0.3 is 0 Å². The Hall–Kier alpha value is -0.590. The Morgan fingerprint density at radius 3 is 2.24 bits per heavy atom. The average Bonchev–Trinajstić information content (AvgIpc) is 2.62. The van der Waals surface area contributed by atoms with E-state index in [1.165, 1.54) is 0 Å². The van der Waals surface area contributed by atoms with Crippen molar-refractivity contribution in [3.63, 3.8) is 0 Å². The van der Waals surface area contributed by atoms with Crippen LogP contribution in [0.5, 0.6) is 0 Å². The third kappa shape index (κ3) is 2.48. The van der Waals surface area contributed by atoms with Crippen molar-refractivity contribution in [1.82, 2.24) is 0 Å². The van der Waals surface area contributed by atoms with Gasteiger partial charge in [-0.25, -0.2) is 8.78 Å². The first kappa shape index (κ1) is 12.9. The van der Waals surface area contributed by atoms with Crippen molar-refractivity contribution in [2.45, 2.75) is 0 Å². The van der Waals surface area contributed by atoms with E-state index in [0.717, 1.165) is 23.5 Å². The van der Waals surface area contributed by atoms with E-state index >= 15 is 0 Å². The number of hydrogen-bond acceptors (Lipinski definition) is 2. The van der Waals surface area contributed by atoms with E-state index in [-0.39, 0.29) is 9.35 Å². The molecule has 0 saturated carbocycles. The highest BCUT2D eigenvalue weighted by Gasteiger charge is 2.22. The third-order valence-corrected chi connectivity index (χ3v) is 4.35. The second-order valence-electron chi connectivity index (χ2n) is 3.17. The molecule has 1 heterocycles. The predicted molar refractivity (Wildman–Crippen MR) is 69.5 cm³/mol. The molecule has 0 amide bonds. The molecule has 0 aliphatic carbocycles. The maximum atomic E-state index is 13.6. The average molecular weight is 382 g/mol. The monoisotopic (exact) mass is 380 g/mol. The minimum Gasteiger partial charge on any atom is -0.287 e. The number of rotatable bonds is 2. The van der Waals surface area contributed by atoms with Crippen LogP contribution in [0, 0.1) is 11.6 Å². The van der Waals surface area contributed by atoms with Crippen LogP contribution in [-0.4, -0.2) is 5.78 Å². The molecule has 0 atom stereocenters. The molecule has 88 valence electrons. The summed E-state index contributed by atoms with van der Waals surface area (Å²) in [4.78, 5) is 12.2. The SMILES string of the molecule is O=C(c1sccc1Br)c1c(F)cc(Br)cc1F. The van der Waals surface area contributed by atoms with Gasteiger partial charge in [-0.15, -0.1) is 11.3 Å². The summed E-state index contributed by atoms with van der Waals surface area (Å²) in [5.74, 6) is -2.40. The maximum absolute atomic E-state index is 13.6. The Morgan fingerprint density at radius 1 is 1.18 bits per heavy atom. The number of benzene rings is 1. The number of thiophene rings is 1. The lowest BCUT2D eigenvalue weighted by Gasteiger charge is -2.04. The molecule has 6 heteroatoms.